The van der Waals surface area contributed by atoms with Crippen molar-refractivity contribution < 1.29 is 19.8 Å². The van der Waals surface area contributed by atoms with E-state index < -0.39 is 24.0 Å². The number of aromatic nitrogens is 2. The number of nitrogens with zero attached hydrogens (tertiary/aromatic N) is 2. The van der Waals surface area contributed by atoms with Crippen molar-refractivity contribution in [1.82, 2.24) is 14.9 Å². The predicted molar refractivity (Wildman–Crippen MR) is 71.0 cm³/mol. The van der Waals surface area contributed by atoms with Crippen molar-refractivity contribution in [2.45, 2.75) is 25.6 Å². The molecule has 7 nitrogen and oxygen atoms in total. The van der Waals surface area contributed by atoms with Crippen LogP contribution in [0.25, 0.3) is 11.0 Å². The largest absolute Gasteiger partial charge is 0.480 e. The van der Waals surface area contributed by atoms with E-state index in [1.807, 2.05) is 24.3 Å². The van der Waals surface area contributed by atoms with Crippen LogP contribution in [0.2, 0.25) is 0 Å². The molecule has 0 saturated carbocycles. The summed E-state index contributed by atoms with van der Waals surface area (Å²) in [6, 6.07) is 5.98. The first-order valence-electron chi connectivity index (χ1n) is 6.09. The zero-order chi connectivity index (χ0) is 14.7. The van der Waals surface area contributed by atoms with Gasteiger partial charge in [0, 0.05) is 0 Å². The number of aliphatic carboxylic acids is 1. The number of amides is 1. The second kappa shape index (κ2) is 5.70. The van der Waals surface area contributed by atoms with Gasteiger partial charge in [-0.25, -0.2) is 9.78 Å². The van der Waals surface area contributed by atoms with E-state index in [-0.39, 0.29) is 6.54 Å². The molecule has 0 saturated heterocycles. The normalized spacial score (nSPS) is 13.9. The van der Waals surface area contributed by atoms with Gasteiger partial charge in [-0.3, -0.25) is 4.79 Å². The van der Waals surface area contributed by atoms with E-state index in [0.717, 1.165) is 11.0 Å². The Bertz CT molecular complexity index is 635. The third-order valence-corrected chi connectivity index (χ3v) is 2.91. The molecule has 0 aliphatic carbocycles. The number of rotatable bonds is 5. The van der Waals surface area contributed by atoms with Gasteiger partial charge in [0.2, 0.25) is 5.91 Å². The highest BCUT2D eigenvalue weighted by atomic mass is 16.4. The van der Waals surface area contributed by atoms with Crippen LogP contribution in [-0.4, -0.2) is 43.8 Å². The summed E-state index contributed by atoms with van der Waals surface area (Å²) >= 11 is 0. The van der Waals surface area contributed by atoms with E-state index in [1.165, 1.54) is 13.3 Å². The van der Waals surface area contributed by atoms with Crippen molar-refractivity contribution in [3.63, 3.8) is 0 Å². The molecule has 0 aliphatic heterocycles. The van der Waals surface area contributed by atoms with Crippen LogP contribution < -0.4 is 5.32 Å². The summed E-state index contributed by atoms with van der Waals surface area (Å²) in [6.07, 6.45) is 0.346. The predicted octanol–water partition coefficient (Wildman–Crippen LogP) is -0.0135. The van der Waals surface area contributed by atoms with E-state index in [1.54, 1.807) is 4.57 Å². The topological polar surface area (TPSA) is 104 Å². The second-order valence-electron chi connectivity index (χ2n) is 4.49. The highest BCUT2D eigenvalue weighted by molar-refractivity contribution is 5.85. The summed E-state index contributed by atoms with van der Waals surface area (Å²) in [4.78, 5) is 26.9. The van der Waals surface area contributed by atoms with E-state index >= 15 is 0 Å². The molecule has 2 aromatic rings. The Balaban J connectivity index is 2.10. The summed E-state index contributed by atoms with van der Waals surface area (Å²) in [6.45, 7) is 1.25. The lowest BCUT2D eigenvalue weighted by Gasteiger charge is -2.17. The van der Waals surface area contributed by atoms with Crippen LogP contribution in [0.15, 0.2) is 30.6 Å². The lowest BCUT2D eigenvalue weighted by atomic mass is 10.2. The number of hydrogen-bond acceptors (Lipinski definition) is 4. The minimum absolute atomic E-state index is 0.0585. The summed E-state index contributed by atoms with van der Waals surface area (Å²) in [7, 11) is 0. The maximum atomic E-state index is 11.8. The molecular formula is C13H15N3O4. The van der Waals surface area contributed by atoms with Gasteiger partial charge in [0.25, 0.3) is 0 Å². The minimum atomic E-state index is -1.32. The standard InChI is InChI=1S/C13H15N3O4/c1-8(17)12(13(19)20)15-11(18)6-16-7-14-9-4-2-3-5-10(9)16/h2-5,7-8,12,17H,6H2,1H3,(H,15,18)(H,19,20)/t8-,12+/m1/s1. The maximum absolute atomic E-state index is 11.8. The van der Waals surface area contributed by atoms with Crippen molar-refractivity contribution in [2.75, 3.05) is 0 Å². The van der Waals surface area contributed by atoms with Gasteiger partial charge in [-0.1, -0.05) is 12.1 Å². The average Bonchev–Trinajstić information content (AvgIpc) is 2.79. The molecule has 7 heteroatoms. The molecule has 3 N–H and O–H groups in total. The molecule has 0 aliphatic rings. The number of aliphatic hydroxyl groups excluding tert-OH is 1. The van der Waals surface area contributed by atoms with Crippen LogP contribution in [-0.2, 0) is 16.1 Å². The van der Waals surface area contributed by atoms with Crippen molar-refractivity contribution >= 4 is 22.9 Å². The summed E-state index contributed by atoms with van der Waals surface area (Å²) in [5.74, 6) is -1.77. The van der Waals surface area contributed by atoms with Crippen molar-refractivity contribution in [3.8, 4) is 0 Å². The van der Waals surface area contributed by atoms with E-state index in [0.29, 0.717) is 0 Å². The van der Waals surface area contributed by atoms with Gasteiger partial charge in [0.05, 0.1) is 23.5 Å². The highest BCUT2D eigenvalue weighted by Gasteiger charge is 2.25. The fourth-order valence-electron chi connectivity index (χ4n) is 1.90. The SMILES string of the molecule is C[C@@H](O)[C@H](NC(=O)Cn1cnc2ccccc21)C(=O)O. The van der Waals surface area contributed by atoms with Crippen LogP contribution in [0.4, 0.5) is 0 Å². The molecule has 1 amide bonds. The van der Waals surface area contributed by atoms with Crippen LogP contribution in [0, 0.1) is 0 Å². The number of fused-ring (bicyclic) bond motifs is 1. The minimum Gasteiger partial charge on any atom is -0.480 e. The summed E-state index contributed by atoms with van der Waals surface area (Å²) in [5, 5.41) is 20.5. The lowest BCUT2D eigenvalue weighted by molar-refractivity contribution is -0.144. The number of para-hydroxylation sites is 2. The lowest BCUT2D eigenvalue weighted by Crippen LogP contribution is -2.48. The Kier molecular flexibility index (Phi) is 3.99. The highest BCUT2D eigenvalue weighted by Crippen LogP contribution is 2.11. The number of carbonyl (C=O) groups excluding carboxylic acids is 1. The monoisotopic (exact) mass is 277 g/mol. The Morgan fingerprint density at radius 2 is 2.10 bits per heavy atom. The fourth-order valence-corrected chi connectivity index (χ4v) is 1.90. The molecular weight excluding hydrogens is 262 g/mol. The molecule has 20 heavy (non-hydrogen) atoms. The molecule has 0 unspecified atom stereocenters. The van der Waals surface area contributed by atoms with E-state index in [4.69, 9.17) is 5.11 Å². The van der Waals surface area contributed by atoms with Crippen molar-refractivity contribution in [2.24, 2.45) is 0 Å². The molecule has 0 bridgehead atoms. The first-order valence-corrected chi connectivity index (χ1v) is 6.09. The smallest absolute Gasteiger partial charge is 0.328 e. The number of aliphatic hydroxyl groups is 1. The Labute approximate surface area is 114 Å². The number of carboxylic acids is 1. The average molecular weight is 277 g/mol. The summed E-state index contributed by atoms with van der Waals surface area (Å²) < 4.78 is 1.62. The zero-order valence-corrected chi connectivity index (χ0v) is 10.9. The molecule has 1 aromatic heterocycles. The van der Waals surface area contributed by atoms with Crippen LogP contribution >= 0.6 is 0 Å². The molecule has 0 spiro atoms. The third kappa shape index (κ3) is 2.94. The first-order chi connectivity index (χ1) is 9.49. The van der Waals surface area contributed by atoms with Crippen LogP contribution in [0.3, 0.4) is 0 Å². The second-order valence-corrected chi connectivity index (χ2v) is 4.49. The van der Waals surface area contributed by atoms with Crippen LogP contribution in [0.1, 0.15) is 6.92 Å². The number of carboxylic acid groups (broad SMARTS) is 1. The molecule has 1 aromatic carbocycles. The Hall–Kier alpha value is -2.41. The number of hydrogen-bond donors (Lipinski definition) is 3. The third-order valence-electron chi connectivity index (χ3n) is 2.91. The quantitative estimate of drug-likeness (QED) is 0.713. The van der Waals surface area contributed by atoms with E-state index in [9.17, 15) is 14.7 Å². The first kappa shape index (κ1) is 14.0. The van der Waals surface area contributed by atoms with Gasteiger partial charge in [0.1, 0.15) is 6.54 Å². The molecule has 2 rings (SSSR count). The van der Waals surface area contributed by atoms with Gasteiger partial charge in [-0.2, -0.15) is 0 Å². The molecule has 1 heterocycles. The number of imidazole rings is 1. The molecule has 2 atom stereocenters. The van der Waals surface area contributed by atoms with Crippen LogP contribution in [0.5, 0.6) is 0 Å². The number of carbonyl (C=O) groups is 2. The van der Waals surface area contributed by atoms with Gasteiger partial charge in [-0.05, 0) is 19.1 Å². The van der Waals surface area contributed by atoms with Gasteiger partial charge in [0.15, 0.2) is 6.04 Å². The van der Waals surface area contributed by atoms with Gasteiger partial charge >= 0.3 is 5.97 Å². The fraction of sp³-hybridized carbons (Fsp3) is 0.308. The molecule has 106 valence electrons. The zero-order valence-electron chi connectivity index (χ0n) is 10.9. The van der Waals surface area contributed by atoms with E-state index in [2.05, 4.69) is 10.3 Å². The summed E-state index contributed by atoms with van der Waals surface area (Å²) in [5.41, 5.74) is 1.54. The number of nitrogens with one attached hydrogen (secondary N) is 1. The van der Waals surface area contributed by atoms with Gasteiger partial charge in [-0.15, -0.1) is 0 Å². The Morgan fingerprint density at radius 1 is 1.40 bits per heavy atom. The maximum Gasteiger partial charge on any atom is 0.328 e. The number of benzene rings is 1. The van der Waals surface area contributed by atoms with Gasteiger partial charge < -0.3 is 20.1 Å². The molecule has 0 fully saturated rings. The Morgan fingerprint density at radius 3 is 2.75 bits per heavy atom. The molecule has 0 radical (unpaired) electrons. The van der Waals surface area contributed by atoms with Crippen molar-refractivity contribution in [3.05, 3.63) is 30.6 Å². The van der Waals surface area contributed by atoms with Crippen molar-refractivity contribution in [1.29, 1.82) is 0 Å².